The van der Waals surface area contributed by atoms with Crippen LogP contribution in [0.3, 0.4) is 0 Å². The molecule has 8 nitrogen and oxygen atoms in total. The summed E-state index contributed by atoms with van der Waals surface area (Å²) in [4.78, 5) is 37.9. The average Bonchev–Trinajstić information content (AvgIpc) is 2.92. The van der Waals surface area contributed by atoms with Crippen molar-refractivity contribution >= 4 is 71.9 Å². The maximum absolute atomic E-state index is 12.8. The van der Waals surface area contributed by atoms with Crippen LogP contribution in [0.2, 0.25) is 0 Å². The number of nitrogens with zero attached hydrogens (tertiary/aromatic N) is 1. The highest BCUT2D eigenvalue weighted by molar-refractivity contribution is 9.11. The molecule has 0 aliphatic carbocycles. The molecule has 39 heavy (non-hydrogen) atoms. The third-order valence-electron chi connectivity index (χ3n) is 5.12. The third-order valence-corrected chi connectivity index (χ3v) is 6.67. The molecular formula is C28H17Br3N2O6. The molecule has 0 radical (unpaired) electrons. The minimum absolute atomic E-state index is 0.00799. The molecule has 0 fully saturated rings. The van der Waals surface area contributed by atoms with Crippen LogP contribution in [-0.2, 0) is 0 Å². The Morgan fingerprint density at radius 3 is 1.82 bits per heavy atom. The maximum atomic E-state index is 12.8. The Bertz CT molecular complexity index is 1570. The van der Waals surface area contributed by atoms with Crippen LogP contribution < -0.4 is 14.9 Å². The average molecular weight is 717 g/mol. The Labute approximate surface area is 248 Å². The summed E-state index contributed by atoms with van der Waals surface area (Å²) < 4.78 is 13.3. The van der Waals surface area contributed by atoms with Crippen molar-refractivity contribution in [3.05, 3.63) is 121 Å². The van der Waals surface area contributed by atoms with Gasteiger partial charge in [0, 0.05) is 13.4 Å². The van der Waals surface area contributed by atoms with Gasteiger partial charge in [-0.05, 0) is 90.5 Å². The largest absolute Gasteiger partial charge is 0.507 e. The molecule has 0 heterocycles. The van der Waals surface area contributed by atoms with Crippen molar-refractivity contribution < 1.29 is 29.0 Å². The van der Waals surface area contributed by atoms with E-state index in [1.54, 1.807) is 60.7 Å². The lowest BCUT2D eigenvalue weighted by Crippen LogP contribution is -2.17. The topological polar surface area (TPSA) is 114 Å². The predicted octanol–water partition coefficient (Wildman–Crippen LogP) is 6.88. The van der Waals surface area contributed by atoms with Crippen molar-refractivity contribution in [2.45, 2.75) is 0 Å². The van der Waals surface area contributed by atoms with E-state index in [1.165, 1.54) is 30.5 Å². The molecule has 0 unspecified atom stereocenters. The summed E-state index contributed by atoms with van der Waals surface area (Å²) >= 11 is 9.89. The van der Waals surface area contributed by atoms with Crippen molar-refractivity contribution in [2.75, 3.05) is 0 Å². The van der Waals surface area contributed by atoms with Gasteiger partial charge in [-0.25, -0.2) is 15.0 Å². The molecule has 0 spiro atoms. The molecule has 0 aliphatic heterocycles. The minimum atomic E-state index is -0.670. The lowest BCUT2D eigenvalue weighted by atomic mass is 10.2. The molecule has 0 aromatic heterocycles. The molecule has 2 N–H and O–H groups in total. The molecule has 4 aromatic rings. The van der Waals surface area contributed by atoms with E-state index in [1.807, 2.05) is 0 Å². The second-order valence-electron chi connectivity index (χ2n) is 7.86. The van der Waals surface area contributed by atoms with Crippen LogP contribution in [0.4, 0.5) is 0 Å². The molecule has 1 amide bonds. The van der Waals surface area contributed by atoms with Crippen molar-refractivity contribution in [3.63, 3.8) is 0 Å². The highest BCUT2D eigenvalue weighted by Gasteiger charge is 2.17. The van der Waals surface area contributed by atoms with E-state index in [0.29, 0.717) is 15.6 Å². The standard InChI is InChI=1S/C28H17Br3N2O6/c29-19-6-2-17(3-7-19)27(36)38-24-12-1-16(13-25(24)39-28(37)18-4-8-20(30)9-5-18)15-32-33-26(35)22-14-21(31)10-11-23(22)34/h1-15,34H,(H,33,35). The summed E-state index contributed by atoms with van der Waals surface area (Å²) in [6.07, 6.45) is 1.31. The Morgan fingerprint density at radius 1 is 0.692 bits per heavy atom. The van der Waals surface area contributed by atoms with Crippen molar-refractivity contribution in [1.29, 1.82) is 0 Å². The quantitative estimate of drug-likeness (QED) is 0.0933. The van der Waals surface area contributed by atoms with Crippen molar-refractivity contribution in [3.8, 4) is 17.2 Å². The van der Waals surface area contributed by atoms with Crippen LogP contribution in [-0.4, -0.2) is 29.2 Å². The number of hydrazone groups is 1. The van der Waals surface area contributed by atoms with Gasteiger partial charge in [-0.3, -0.25) is 4.79 Å². The lowest BCUT2D eigenvalue weighted by Gasteiger charge is -2.12. The number of phenols is 1. The first kappa shape index (κ1) is 28.2. The first-order valence-corrected chi connectivity index (χ1v) is 13.5. The lowest BCUT2D eigenvalue weighted by molar-refractivity contribution is 0.0682. The van der Waals surface area contributed by atoms with Gasteiger partial charge in [-0.1, -0.05) is 47.8 Å². The van der Waals surface area contributed by atoms with Crippen LogP contribution in [0.5, 0.6) is 17.2 Å². The SMILES string of the molecule is O=C(Oc1ccc(C=NNC(=O)c2cc(Br)ccc2O)cc1OC(=O)c1ccc(Br)cc1)c1ccc(Br)cc1. The van der Waals surface area contributed by atoms with Gasteiger partial charge in [-0.2, -0.15) is 5.10 Å². The smallest absolute Gasteiger partial charge is 0.343 e. The highest BCUT2D eigenvalue weighted by atomic mass is 79.9. The third kappa shape index (κ3) is 7.62. The molecule has 0 saturated heterocycles. The van der Waals surface area contributed by atoms with Crippen LogP contribution in [0, 0.1) is 0 Å². The number of carbonyl (C=O) groups is 3. The van der Waals surface area contributed by atoms with E-state index in [9.17, 15) is 19.5 Å². The van der Waals surface area contributed by atoms with E-state index in [2.05, 4.69) is 58.3 Å². The molecule has 0 aliphatic rings. The number of benzene rings is 4. The van der Waals surface area contributed by atoms with Gasteiger partial charge < -0.3 is 14.6 Å². The van der Waals surface area contributed by atoms with Gasteiger partial charge in [-0.15, -0.1) is 0 Å². The number of esters is 2. The first-order valence-electron chi connectivity index (χ1n) is 11.1. The summed E-state index contributed by atoms with van der Waals surface area (Å²) in [5.41, 5.74) is 3.36. The van der Waals surface area contributed by atoms with Crippen molar-refractivity contribution in [1.82, 2.24) is 5.43 Å². The number of phenolic OH excluding ortho intramolecular Hbond substituents is 1. The molecule has 4 rings (SSSR count). The van der Waals surface area contributed by atoms with Crippen LogP contribution >= 0.6 is 47.8 Å². The van der Waals surface area contributed by atoms with Gasteiger partial charge >= 0.3 is 11.9 Å². The van der Waals surface area contributed by atoms with Gasteiger partial charge in [0.25, 0.3) is 5.91 Å². The van der Waals surface area contributed by atoms with E-state index in [-0.39, 0.29) is 28.4 Å². The second-order valence-corrected chi connectivity index (χ2v) is 10.6. The summed E-state index contributed by atoms with van der Waals surface area (Å²) in [6, 6.07) is 22.0. The number of halogens is 3. The fourth-order valence-corrected chi connectivity index (χ4v) is 4.06. The van der Waals surface area contributed by atoms with Crippen molar-refractivity contribution in [2.24, 2.45) is 5.10 Å². The predicted molar refractivity (Wildman–Crippen MR) is 156 cm³/mol. The van der Waals surface area contributed by atoms with Crippen LogP contribution in [0.1, 0.15) is 36.6 Å². The van der Waals surface area contributed by atoms with Gasteiger partial charge in [0.1, 0.15) is 5.75 Å². The number of aromatic hydroxyl groups is 1. The fourth-order valence-electron chi connectivity index (χ4n) is 3.17. The zero-order valence-corrected chi connectivity index (χ0v) is 24.5. The Balaban J connectivity index is 1.57. The molecule has 0 bridgehead atoms. The van der Waals surface area contributed by atoms with Gasteiger partial charge in [0.2, 0.25) is 0 Å². The fraction of sp³-hybridized carbons (Fsp3) is 0. The first-order chi connectivity index (χ1) is 18.7. The molecular weight excluding hydrogens is 700 g/mol. The molecule has 11 heteroatoms. The zero-order chi connectivity index (χ0) is 27.9. The number of amides is 1. The van der Waals surface area contributed by atoms with E-state index in [0.717, 1.165) is 8.95 Å². The van der Waals surface area contributed by atoms with Gasteiger partial charge in [0.15, 0.2) is 11.5 Å². The molecule has 4 aromatic carbocycles. The van der Waals surface area contributed by atoms with Crippen LogP contribution in [0.25, 0.3) is 0 Å². The van der Waals surface area contributed by atoms with E-state index < -0.39 is 17.8 Å². The van der Waals surface area contributed by atoms with Gasteiger partial charge in [0.05, 0.1) is 22.9 Å². The highest BCUT2D eigenvalue weighted by Crippen LogP contribution is 2.30. The van der Waals surface area contributed by atoms with E-state index in [4.69, 9.17) is 9.47 Å². The molecule has 0 saturated carbocycles. The Morgan fingerprint density at radius 2 is 1.23 bits per heavy atom. The van der Waals surface area contributed by atoms with Crippen LogP contribution in [0.15, 0.2) is 103 Å². The summed E-state index contributed by atoms with van der Waals surface area (Å²) in [5.74, 6) is -2.18. The molecule has 0 atom stereocenters. The monoisotopic (exact) mass is 714 g/mol. The second kappa shape index (κ2) is 12.8. The normalized spacial score (nSPS) is 10.7. The molecule has 196 valence electrons. The number of hydrogen-bond donors (Lipinski definition) is 2. The Kier molecular flexibility index (Phi) is 9.28. The zero-order valence-electron chi connectivity index (χ0n) is 19.7. The minimum Gasteiger partial charge on any atom is -0.507 e. The number of carbonyl (C=O) groups excluding carboxylic acids is 3. The van der Waals surface area contributed by atoms with E-state index >= 15 is 0 Å². The Hall–Kier alpha value is -3.80. The summed E-state index contributed by atoms with van der Waals surface area (Å²) in [5, 5.41) is 13.8. The number of rotatable bonds is 7. The maximum Gasteiger partial charge on any atom is 0.343 e. The number of nitrogens with one attached hydrogen (secondary N) is 1. The number of hydrogen-bond acceptors (Lipinski definition) is 7. The summed E-state index contributed by atoms with van der Waals surface area (Å²) in [6.45, 7) is 0. The number of ether oxygens (including phenoxy) is 2. The summed E-state index contributed by atoms with van der Waals surface area (Å²) in [7, 11) is 0.